The lowest BCUT2D eigenvalue weighted by Gasteiger charge is -2.29. The van der Waals surface area contributed by atoms with E-state index < -0.39 is 5.69 Å². The van der Waals surface area contributed by atoms with Crippen LogP contribution >= 0.6 is 23.2 Å². The maximum absolute atomic E-state index is 12.5. The second-order valence-electron chi connectivity index (χ2n) is 8.77. The molecule has 0 radical (unpaired) electrons. The van der Waals surface area contributed by atoms with Crippen molar-refractivity contribution in [2.24, 2.45) is 7.05 Å². The number of halogens is 2. The van der Waals surface area contributed by atoms with Gasteiger partial charge < -0.3 is 14.6 Å². The number of nitrogens with zero attached hydrogens (tertiary/aromatic N) is 5. The summed E-state index contributed by atoms with van der Waals surface area (Å²) in [6.07, 6.45) is 5.34. The Hall–Kier alpha value is -2.98. The molecule has 0 spiro atoms. The molecule has 4 heterocycles. The predicted molar refractivity (Wildman–Crippen MR) is 134 cm³/mol. The van der Waals surface area contributed by atoms with Crippen LogP contribution in [0.4, 0.5) is 0 Å². The average Bonchev–Trinajstić information content (AvgIpc) is 3.24. The van der Waals surface area contributed by atoms with Gasteiger partial charge in [0.15, 0.2) is 0 Å². The Bertz CT molecular complexity index is 1530. The number of rotatable bonds is 5. The van der Waals surface area contributed by atoms with Gasteiger partial charge in [-0.25, -0.2) is 14.3 Å². The Morgan fingerprint density at radius 1 is 1.20 bits per heavy atom. The first-order valence-electron chi connectivity index (χ1n) is 11.2. The first-order chi connectivity index (χ1) is 16.8. The number of hydrogen-bond acceptors (Lipinski definition) is 6. The zero-order valence-electron chi connectivity index (χ0n) is 19.2. The summed E-state index contributed by atoms with van der Waals surface area (Å²) in [5, 5.41) is 8.74. The van der Waals surface area contributed by atoms with Crippen molar-refractivity contribution in [3.05, 3.63) is 85.0 Å². The second kappa shape index (κ2) is 9.58. The summed E-state index contributed by atoms with van der Waals surface area (Å²) < 4.78 is 10.3. The molecular weight excluding hydrogens is 491 g/mol. The fourth-order valence-corrected chi connectivity index (χ4v) is 5.03. The van der Waals surface area contributed by atoms with Gasteiger partial charge in [-0.1, -0.05) is 23.2 Å². The molecule has 11 heteroatoms. The van der Waals surface area contributed by atoms with Crippen LogP contribution in [0.15, 0.2) is 52.6 Å². The van der Waals surface area contributed by atoms with Crippen molar-refractivity contribution in [1.29, 1.82) is 0 Å². The van der Waals surface area contributed by atoms with Crippen LogP contribution in [0, 0.1) is 0 Å². The Morgan fingerprint density at radius 2 is 2.03 bits per heavy atom. The zero-order chi connectivity index (χ0) is 24.7. The van der Waals surface area contributed by atoms with Gasteiger partial charge in [0.25, 0.3) is 5.56 Å². The van der Waals surface area contributed by atoms with Gasteiger partial charge in [-0.05, 0) is 36.2 Å². The molecule has 1 aliphatic rings. The van der Waals surface area contributed by atoms with Gasteiger partial charge in [0.2, 0.25) is 0 Å². The average molecular weight is 515 g/mol. The van der Waals surface area contributed by atoms with Crippen LogP contribution in [0.1, 0.15) is 18.1 Å². The molecule has 0 amide bonds. The quantitative estimate of drug-likeness (QED) is 0.439. The third kappa shape index (κ3) is 4.77. The van der Waals surface area contributed by atoms with E-state index in [-0.39, 0.29) is 24.3 Å². The number of morpholine rings is 1. The van der Waals surface area contributed by atoms with Crippen LogP contribution in [-0.2, 0) is 24.8 Å². The topological polar surface area (TPSA) is 95.5 Å². The molecule has 1 unspecified atom stereocenters. The van der Waals surface area contributed by atoms with Crippen molar-refractivity contribution in [1.82, 2.24) is 29.0 Å². The molecule has 9 nitrogen and oxygen atoms in total. The number of nitrogens with one attached hydrogen (secondary N) is 1. The number of benzene rings is 1. The summed E-state index contributed by atoms with van der Waals surface area (Å²) in [7, 11) is 1.61. The van der Waals surface area contributed by atoms with Gasteiger partial charge in [0.05, 0.1) is 30.0 Å². The molecule has 2 atom stereocenters. The molecule has 5 rings (SSSR count). The van der Waals surface area contributed by atoms with Gasteiger partial charge in [-0.2, -0.15) is 5.10 Å². The van der Waals surface area contributed by atoms with Gasteiger partial charge in [0.1, 0.15) is 6.33 Å². The minimum atomic E-state index is -0.390. The summed E-state index contributed by atoms with van der Waals surface area (Å²) in [6.45, 7) is 3.67. The van der Waals surface area contributed by atoms with E-state index in [9.17, 15) is 9.59 Å². The summed E-state index contributed by atoms with van der Waals surface area (Å²) >= 11 is 13.1. The molecule has 1 N–H and O–H groups in total. The first-order valence-corrected chi connectivity index (χ1v) is 12.0. The van der Waals surface area contributed by atoms with Crippen LogP contribution in [0.5, 0.6) is 0 Å². The summed E-state index contributed by atoms with van der Waals surface area (Å²) in [4.78, 5) is 29.3. The predicted octanol–water partition coefficient (Wildman–Crippen LogP) is 2.53. The second-order valence-corrected chi connectivity index (χ2v) is 9.61. The van der Waals surface area contributed by atoms with E-state index in [2.05, 4.69) is 15.4 Å². The third-order valence-electron chi connectivity index (χ3n) is 6.12. The molecule has 0 bridgehead atoms. The van der Waals surface area contributed by atoms with E-state index in [0.29, 0.717) is 27.7 Å². The highest BCUT2D eigenvalue weighted by Crippen LogP contribution is 2.35. The van der Waals surface area contributed by atoms with Gasteiger partial charge in [-0.15, -0.1) is 0 Å². The number of aromatic nitrogens is 5. The largest absolute Gasteiger partial charge is 0.372 e. The monoisotopic (exact) mass is 514 g/mol. The zero-order valence-corrected chi connectivity index (χ0v) is 20.8. The molecule has 1 aliphatic heterocycles. The summed E-state index contributed by atoms with van der Waals surface area (Å²) in [6, 6.07) is 6.80. The van der Waals surface area contributed by atoms with Crippen LogP contribution < -0.4 is 16.6 Å². The van der Waals surface area contributed by atoms with Crippen molar-refractivity contribution in [2.45, 2.75) is 32.1 Å². The number of hydrogen-bond donors (Lipinski definition) is 1. The van der Waals surface area contributed by atoms with Crippen LogP contribution in [0.2, 0.25) is 10.0 Å². The molecule has 1 saturated heterocycles. The Balaban J connectivity index is 1.58. The van der Waals surface area contributed by atoms with Crippen molar-refractivity contribution < 1.29 is 4.74 Å². The number of fused-ring (bicyclic) bond motifs is 1. The standard InChI is InChI=1S/C24H24Cl2N6O3/c1-14-9-27-10-17(35-14)8-18-19(6-16(25)7-20(18)26)23-21-5-15(12-32(21)29-13-28-23)11-31-22(33)3-4-30(2)24(31)34/h3-7,12-14,17,27H,8-11H2,1-2H3/t14-,17?/m0/s1. The van der Waals surface area contributed by atoms with Gasteiger partial charge in [0, 0.05) is 60.6 Å². The van der Waals surface area contributed by atoms with E-state index in [1.165, 1.54) is 27.7 Å². The summed E-state index contributed by atoms with van der Waals surface area (Å²) in [5.74, 6) is 0. The maximum Gasteiger partial charge on any atom is 0.331 e. The third-order valence-corrected chi connectivity index (χ3v) is 6.67. The molecule has 0 aliphatic carbocycles. The fraction of sp³-hybridized carbons (Fsp3) is 0.333. The molecule has 0 saturated carbocycles. The molecule has 3 aromatic heterocycles. The maximum atomic E-state index is 12.5. The lowest BCUT2D eigenvalue weighted by Crippen LogP contribution is -2.44. The van der Waals surface area contributed by atoms with Crippen LogP contribution in [0.3, 0.4) is 0 Å². The van der Waals surface area contributed by atoms with Crippen molar-refractivity contribution >= 4 is 28.7 Å². The molecule has 4 aromatic rings. The van der Waals surface area contributed by atoms with E-state index >= 15 is 0 Å². The van der Waals surface area contributed by atoms with Gasteiger partial charge >= 0.3 is 5.69 Å². The van der Waals surface area contributed by atoms with E-state index in [4.69, 9.17) is 27.9 Å². The van der Waals surface area contributed by atoms with Crippen molar-refractivity contribution in [2.75, 3.05) is 13.1 Å². The van der Waals surface area contributed by atoms with Crippen molar-refractivity contribution in [3.63, 3.8) is 0 Å². The highest BCUT2D eigenvalue weighted by molar-refractivity contribution is 6.35. The highest BCUT2D eigenvalue weighted by Gasteiger charge is 2.24. The summed E-state index contributed by atoms with van der Waals surface area (Å²) in [5.41, 5.74) is 3.00. The van der Waals surface area contributed by atoms with E-state index in [1.54, 1.807) is 23.8 Å². The van der Waals surface area contributed by atoms with Crippen LogP contribution in [-0.4, -0.2) is 49.0 Å². The molecule has 1 aromatic carbocycles. The highest BCUT2D eigenvalue weighted by atomic mass is 35.5. The van der Waals surface area contributed by atoms with Crippen LogP contribution in [0.25, 0.3) is 16.8 Å². The van der Waals surface area contributed by atoms with Gasteiger partial charge in [-0.3, -0.25) is 9.36 Å². The molecule has 35 heavy (non-hydrogen) atoms. The van der Waals surface area contributed by atoms with E-state index in [1.807, 2.05) is 19.1 Å². The molecular formula is C24H24Cl2N6O3. The number of aryl methyl sites for hydroxylation is 1. The number of ether oxygens (including phenoxy) is 1. The lowest BCUT2D eigenvalue weighted by molar-refractivity contribution is -0.0262. The first kappa shape index (κ1) is 23.7. The smallest absolute Gasteiger partial charge is 0.331 e. The fourth-order valence-electron chi connectivity index (χ4n) is 4.46. The minimum Gasteiger partial charge on any atom is -0.372 e. The normalized spacial score (nSPS) is 18.3. The Kier molecular flexibility index (Phi) is 6.50. The Morgan fingerprint density at radius 3 is 2.83 bits per heavy atom. The lowest BCUT2D eigenvalue weighted by atomic mass is 9.97. The molecule has 1 fully saturated rings. The minimum absolute atomic E-state index is 0.0439. The molecule has 182 valence electrons. The van der Waals surface area contributed by atoms with Crippen molar-refractivity contribution in [3.8, 4) is 11.3 Å². The SMILES string of the molecule is C[C@H]1CNCC(Cc2c(Cl)cc(Cl)cc2-c2ncnn3cc(Cn4c(=O)ccn(C)c4=O)cc23)O1. The van der Waals surface area contributed by atoms with E-state index in [0.717, 1.165) is 29.8 Å². The Labute approximate surface area is 210 Å².